The third-order valence-corrected chi connectivity index (χ3v) is 6.75. The molecule has 10 heteroatoms. The number of aliphatic imine (C=N–C) groups is 1. The predicted octanol–water partition coefficient (Wildman–Crippen LogP) is 1.05. The fourth-order valence-electron chi connectivity index (χ4n) is 2.96. The summed E-state index contributed by atoms with van der Waals surface area (Å²) in [5.41, 5.74) is 1.92. The molecule has 0 aliphatic carbocycles. The summed E-state index contributed by atoms with van der Waals surface area (Å²) in [6.45, 7) is 0.855. The molecule has 2 rings (SSSR count). The molecule has 1 aromatic rings. The Balaban J connectivity index is 1.75. The number of carbonyl (C=O) groups is 1. The highest BCUT2D eigenvalue weighted by Crippen LogP contribution is 2.16. The Hall–Kier alpha value is -1.81. The summed E-state index contributed by atoms with van der Waals surface area (Å²) in [4.78, 5) is 16.1. The van der Waals surface area contributed by atoms with Gasteiger partial charge in [-0.25, -0.2) is 12.8 Å². The summed E-state index contributed by atoms with van der Waals surface area (Å²) in [5.74, 6) is 0.968. The average molecular weight is 431 g/mol. The number of nitrogens with one attached hydrogen (secondary N) is 3. The SMILES string of the molecule is CN=C(NCCC(=O)NC1CCS(=O)(=O)C1)NCc1ccc(F)cc1CSC. The third-order valence-electron chi connectivity index (χ3n) is 4.38. The number of thioether (sulfide) groups is 1. The maximum absolute atomic E-state index is 13.4. The summed E-state index contributed by atoms with van der Waals surface area (Å²) in [6, 6.07) is 4.44. The number of guanidine groups is 1. The van der Waals surface area contributed by atoms with Crippen LogP contribution in [0.5, 0.6) is 0 Å². The molecule has 1 aromatic carbocycles. The molecular formula is C18H27FN4O3S2. The summed E-state index contributed by atoms with van der Waals surface area (Å²) in [6.07, 6.45) is 2.65. The van der Waals surface area contributed by atoms with Gasteiger partial charge in [0.25, 0.3) is 0 Å². The van der Waals surface area contributed by atoms with Crippen molar-refractivity contribution in [1.82, 2.24) is 16.0 Å². The van der Waals surface area contributed by atoms with Gasteiger partial charge in [0.15, 0.2) is 15.8 Å². The lowest BCUT2D eigenvalue weighted by Gasteiger charge is -2.15. The Bertz CT molecular complexity index is 815. The number of halogens is 1. The third kappa shape index (κ3) is 7.31. The lowest BCUT2D eigenvalue weighted by atomic mass is 10.1. The van der Waals surface area contributed by atoms with Crippen molar-refractivity contribution in [3.05, 3.63) is 35.1 Å². The number of sulfone groups is 1. The van der Waals surface area contributed by atoms with Gasteiger partial charge in [-0.05, 0) is 35.9 Å². The molecule has 1 atom stereocenters. The van der Waals surface area contributed by atoms with E-state index in [-0.39, 0.29) is 35.7 Å². The lowest BCUT2D eigenvalue weighted by Crippen LogP contribution is -2.41. The van der Waals surface area contributed by atoms with E-state index in [1.54, 1.807) is 24.9 Å². The standard InChI is InChI=1S/C18H27FN4O3S2/c1-20-18(22-10-13-3-4-15(19)9-14(13)11-27-2)21-7-5-17(24)23-16-6-8-28(25,26)12-16/h3-4,9,16H,5-8,10-12H2,1-2H3,(H,23,24)(H2,20,21,22). The quantitative estimate of drug-likeness (QED) is 0.421. The molecule has 0 bridgehead atoms. The van der Waals surface area contributed by atoms with E-state index in [1.807, 2.05) is 6.26 Å². The highest BCUT2D eigenvalue weighted by atomic mass is 32.2. The first-order valence-corrected chi connectivity index (χ1v) is 12.2. The van der Waals surface area contributed by atoms with Crippen LogP contribution in [-0.2, 0) is 26.9 Å². The summed E-state index contributed by atoms with van der Waals surface area (Å²) >= 11 is 1.62. The van der Waals surface area contributed by atoms with Gasteiger partial charge in [-0.1, -0.05) is 6.07 Å². The van der Waals surface area contributed by atoms with E-state index in [1.165, 1.54) is 12.1 Å². The highest BCUT2D eigenvalue weighted by Gasteiger charge is 2.28. The molecule has 0 spiro atoms. The topological polar surface area (TPSA) is 99.7 Å². The van der Waals surface area contributed by atoms with Crippen LogP contribution in [0.15, 0.2) is 23.2 Å². The summed E-state index contributed by atoms with van der Waals surface area (Å²) in [7, 11) is -1.38. The largest absolute Gasteiger partial charge is 0.356 e. The minimum atomic E-state index is -3.01. The fraction of sp³-hybridized carbons (Fsp3) is 0.556. The molecule has 1 fully saturated rings. The molecule has 1 aliphatic heterocycles. The van der Waals surface area contributed by atoms with E-state index >= 15 is 0 Å². The second kappa shape index (κ2) is 10.7. The van der Waals surface area contributed by atoms with Gasteiger partial charge in [-0.2, -0.15) is 11.8 Å². The van der Waals surface area contributed by atoms with Crippen LogP contribution in [0.4, 0.5) is 4.39 Å². The number of nitrogens with zero attached hydrogens (tertiary/aromatic N) is 1. The Kier molecular flexibility index (Phi) is 8.56. The first-order chi connectivity index (χ1) is 13.3. The van der Waals surface area contributed by atoms with Crippen LogP contribution in [0, 0.1) is 5.82 Å². The zero-order chi connectivity index (χ0) is 20.6. The van der Waals surface area contributed by atoms with Crippen molar-refractivity contribution in [2.75, 3.05) is 31.4 Å². The van der Waals surface area contributed by atoms with Gasteiger partial charge in [0.2, 0.25) is 5.91 Å². The van der Waals surface area contributed by atoms with E-state index in [0.29, 0.717) is 25.5 Å². The first kappa shape index (κ1) is 22.5. The van der Waals surface area contributed by atoms with Crippen molar-refractivity contribution in [1.29, 1.82) is 0 Å². The molecule has 1 unspecified atom stereocenters. The van der Waals surface area contributed by atoms with Crippen LogP contribution in [-0.4, -0.2) is 57.7 Å². The summed E-state index contributed by atoms with van der Waals surface area (Å²) < 4.78 is 36.3. The van der Waals surface area contributed by atoms with Crippen LogP contribution in [0.2, 0.25) is 0 Å². The van der Waals surface area contributed by atoms with Gasteiger partial charge in [0, 0.05) is 38.4 Å². The second-order valence-corrected chi connectivity index (χ2v) is 9.71. The van der Waals surface area contributed by atoms with Gasteiger partial charge in [-0.15, -0.1) is 0 Å². The molecule has 0 radical (unpaired) electrons. The fourth-order valence-corrected chi connectivity index (χ4v) is 5.21. The van der Waals surface area contributed by atoms with Crippen molar-refractivity contribution in [2.45, 2.75) is 31.2 Å². The van der Waals surface area contributed by atoms with E-state index in [0.717, 1.165) is 16.9 Å². The zero-order valence-electron chi connectivity index (χ0n) is 16.1. The van der Waals surface area contributed by atoms with Crippen molar-refractivity contribution in [3.8, 4) is 0 Å². The van der Waals surface area contributed by atoms with Crippen LogP contribution in [0.3, 0.4) is 0 Å². The number of rotatable bonds is 8. The molecule has 1 amide bonds. The normalized spacial score (nSPS) is 18.7. The molecule has 1 saturated heterocycles. The van der Waals surface area contributed by atoms with Crippen LogP contribution < -0.4 is 16.0 Å². The van der Waals surface area contributed by atoms with Crippen LogP contribution in [0.1, 0.15) is 24.0 Å². The molecule has 1 heterocycles. The molecule has 28 heavy (non-hydrogen) atoms. The van der Waals surface area contributed by atoms with Crippen LogP contribution in [0.25, 0.3) is 0 Å². The highest BCUT2D eigenvalue weighted by molar-refractivity contribution is 7.97. The van der Waals surface area contributed by atoms with Gasteiger partial charge in [0.05, 0.1) is 11.5 Å². The molecule has 0 aromatic heterocycles. The van der Waals surface area contributed by atoms with E-state index in [2.05, 4.69) is 20.9 Å². The van der Waals surface area contributed by atoms with Gasteiger partial charge >= 0.3 is 0 Å². The first-order valence-electron chi connectivity index (χ1n) is 9.03. The summed E-state index contributed by atoms with van der Waals surface area (Å²) in [5, 5.41) is 8.97. The van der Waals surface area contributed by atoms with Gasteiger partial charge in [0.1, 0.15) is 5.82 Å². The Labute approximate surface area is 169 Å². The van der Waals surface area contributed by atoms with Crippen molar-refractivity contribution in [2.24, 2.45) is 4.99 Å². The van der Waals surface area contributed by atoms with E-state index in [9.17, 15) is 17.6 Å². The van der Waals surface area contributed by atoms with Gasteiger partial charge in [-0.3, -0.25) is 9.79 Å². The number of benzene rings is 1. The number of carbonyl (C=O) groups excluding carboxylic acids is 1. The maximum atomic E-state index is 13.4. The van der Waals surface area contributed by atoms with Crippen molar-refractivity contribution in [3.63, 3.8) is 0 Å². The minimum absolute atomic E-state index is 0.0193. The Morgan fingerprint density at radius 3 is 2.75 bits per heavy atom. The van der Waals surface area contributed by atoms with Crippen molar-refractivity contribution < 1.29 is 17.6 Å². The number of hydrogen-bond acceptors (Lipinski definition) is 5. The molecule has 1 aliphatic rings. The lowest BCUT2D eigenvalue weighted by molar-refractivity contribution is -0.121. The van der Waals surface area contributed by atoms with Crippen molar-refractivity contribution >= 4 is 33.5 Å². The number of hydrogen-bond donors (Lipinski definition) is 3. The van der Waals surface area contributed by atoms with E-state index in [4.69, 9.17) is 0 Å². The predicted molar refractivity (Wildman–Crippen MR) is 112 cm³/mol. The van der Waals surface area contributed by atoms with Gasteiger partial charge < -0.3 is 16.0 Å². The van der Waals surface area contributed by atoms with E-state index < -0.39 is 9.84 Å². The maximum Gasteiger partial charge on any atom is 0.222 e. The average Bonchev–Trinajstić information content (AvgIpc) is 2.97. The smallest absolute Gasteiger partial charge is 0.222 e. The molecule has 156 valence electrons. The molecule has 0 saturated carbocycles. The Morgan fingerprint density at radius 1 is 1.32 bits per heavy atom. The van der Waals surface area contributed by atoms with Crippen LogP contribution >= 0.6 is 11.8 Å². The number of amides is 1. The minimum Gasteiger partial charge on any atom is -0.356 e. The monoisotopic (exact) mass is 430 g/mol. The molecular weight excluding hydrogens is 403 g/mol. The second-order valence-electron chi connectivity index (χ2n) is 6.62. The Morgan fingerprint density at radius 2 is 2.11 bits per heavy atom. The zero-order valence-corrected chi connectivity index (χ0v) is 17.8. The molecule has 7 nitrogen and oxygen atoms in total. The molecule has 3 N–H and O–H groups in total.